The third kappa shape index (κ3) is 2.76. The summed E-state index contributed by atoms with van der Waals surface area (Å²) in [6, 6.07) is 7.74. The minimum atomic E-state index is -0.133. The van der Waals surface area contributed by atoms with Gasteiger partial charge in [-0.15, -0.1) is 10.2 Å². The minimum Gasteiger partial charge on any atom is -0.419 e. The van der Waals surface area contributed by atoms with Crippen LogP contribution in [0, 0.1) is 6.92 Å². The monoisotopic (exact) mass is 323 g/mol. The van der Waals surface area contributed by atoms with Crippen molar-refractivity contribution in [2.45, 2.75) is 25.6 Å². The van der Waals surface area contributed by atoms with E-state index in [1.807, 2.05) is 55.5 Å². The molecule has 0 spiro atoms. The highest BCUT2D eigenvalue weighted by atomic mass is 16.5. The molecule has 6 heteroatoms. The molecule has 0 radical (unpaired) electrons. The van der Waals surface area contributed by atoms with Crippen molar-refractivity contribution in [3.05, 3.63) is 60.0 Å². The number of morpholine rings is 1. The van der Waals surface area contributed by atoms with Crippen LogP contribution in [-0.4, -0.2) is 39.8 Å². The molecule has 24 heavy (non-hydrogen) atoms. The average Bonchev–Trinajstić information content (AvgIpc) is 3.07. The van der Waals surface area contributed by atoms with Crippen LogP contribution in [0.1, 0.15) is 11.5 Å². The number of amides is 1. The molecule has 0 bridgehead atoms. The minimum absolute atomic E-state index is 0.0678. The lowest BCUT2D eigenvalue weighted by molar-refractivity contribution is -0.152. The molecule has 0 N–H and O–H groups in total. The summed E-state index contributed by atoms with van der Waals surface area (Å²) in [5, 5.41) is 8.18. The molecule has 4 rings (SSSR count). The van der Waals surface area contributed by atoms with E-state index >= 15 is 0 Å². The Kier molecular flexibility index (Phi) is 3.74. The Labute approximate surface area is 139 Å². The Balaban J connectivity index is 1.54. The summed E-state index contributed by atoms with van der Waals surface area (Å²) >= 11 is 0. The van der Waals surface area contributed by atoms with E-state index in [2.05, 4.69) is 10.2 Å². The number of allylic oxidation sites excluding steroid dienone is 2. The van der Waals surface area contributed by atoms with E-state index in [-0.39, 0.29) is 31.2 Å². The van der Waals surface area contributed by atoms with Crippen LogP contribution in [-0.2, 0) is 16.1 Å². The highest BCUT2D eigenvalue weighted by Crippen LogP contribution is 2.24. The number of rotatable bonds is 3. The molecule has 2 aliphatic rings. The average molecular weight is 323 g/mol. The number of ether oxygens (including phenoxy) is 1. The Morgan fingerprint density at radius 3 is 2.79 bits per heavy atom. The first-order chi connectivity index (χ1) is 11.7. The van der Waals surface area contributed by atoms with Gasteiger partial charge in [0.25, 0.3) is 0 Å². The van der Waals surface area contributed by atoms with Crippen LogP contribution in [0.15, 0.2) is 53.0 Å². The van der Waals surface area contributed by atoms with Crippen molar-refractivity contribution in [2.75, 3.05) is 6.61 Å². The summed E-state index contributed by atoms with van der Waals surface area (Å²) in [5.74, 6) is 0.801. The second kappa shape index (κ2) is 6.05. The molecule has 1 fully saturated rings. The standard InChI is InChI=1S/C18H17N3O3/c1-12-6-8-13(9-7-12)18-20-19-16(24-18)10-21-14-4-2-3-5-15(14)23-11-17(21)22/h2-9,14-15H,10-11H2,1H3. The first-order valence-corrected chi connectivity index (χ1v) is 7.86. The summed E-state index contributed by atoms with van der Waals surface area (Å²) in [6.45, 7) is 2.37. The van der Waals surface area contributed by atoms with E-state index in [0.29, 0.717) is 11.8 Å². The van der Waals surface area contributed by atoms with E-state index in [4.69, 9.17) is 9.15 Å². The van der Waals surface area contributed by atoms with Crippen LogP contribution in [0.4, 0.5) is 0 Å². The smallest absolute Gasteiger partial charge is 0.249 e. The Morgan fingerprint density at radius 1 is 1.17 bits per heavy atom. The number of aromatic nitrogens is 2. The largest absolute Gasteiger partial charge is 0.419 e. The summed E-state index contributed by atoms with van der Waals surface area (Å²) in [5.41, 5.74) is 2.03. The summed E-state index contributed by atoms with van der Waals surface area (Å²) in [4.78, 5) is 13.9. The fraction of sp³-hybridized carbons (Fsp3) is 0.278. The number of hydrogen-bond donors (Lipinski definition) is 0. The van der Waals surface area contributed by atoms with Gasteiger partial charge in [0.2, 0.25) is 17.7 Å². The van der Waals surface area contributed by atoms with Gasteiger partial charge in [0.15, 0.2) is 0 Å². The van der Waals surface area contributed by atoms with Gasteiger partial charge in [0, 0.05) is 5.56 Å². The number of aryl methyl sites for hydroxylation is 1. The SMILES string of the molecule is Cc1ccc(-c2nnc(CN3C(=O)COC4C=CC=CC43)o2)cc1. The summed E-state index contributed by atoms with van der Waals surface area (Å²) in [7, 11) is 0. The highest BCUT2D eigenvalue weighted by molar-refractivity contribution is 5.79. The number of carbonyl (C=O) groups excluding carboxylic acids is 1. The van der Waals surface area contributed by atoms with E-state index in [0.717, 1.165) is 5.56 Å². The predicted octanol–water partition coefficient (Wildman–Crippen LogP) is 2.27. The van der Waals surface area contributed by atoms with Crippen molar-refractivity contribution in [3.63, 3.8) is 0 Å². The molecule has 1 aromatic carbocycles. The third-order valence-corrected chi connectivity index (χ3v) is 4.21. The molecule has 1 aliphatic heterocycles. The maximum atomic E-state index is 12.2. The molecule has 122 valence electrons. The zero-order valence-electron chi connectivity index (χ0n) is 13.3. The van der Waals surface area contributed by atoms with Gasteiger partial charge in [-0.1, -0.05) is 42.0 Å². The van der Waals surface area contributed by atoms with Crippen LogP contribution in [0.5, 0.6) is 0 Å². The molecular weight excluding hydrogens is 306 g/mol. The first-order valence-electron chi connectivity index (χ1n) is 7.86. The Hall–Kier alpha value is -2.73. The zero-order chi connectivity index (χ0) is 16.5. The fourth-order valence-electron chi connectivity index (χ4n) is 2.90. The number of nitrogens with zero attached hydrogens (tertiary/aromatic N) is 3. The van der Waals surface area contributed by atoms with Crippen molar-refractivity contribution in [2.24, 2.45) is 0 Å². The highest BCUT2D eigenvalue weighted by Gasteiger charge is 2.35. The molecular formula is C18H17N3O3. The maximum Gasteiger partial charge on any atom is 0.249 e. The molecule has 1 amide bonds. The van der Waals surface area contributed by atoms with Crippen molar-refractivity contribution >= 4 is 5.91 Å². The van der Waals surface area contributed by atoms with E-state index in [1.165, 1.54) is 5.56 Å². The first kappa shape index (κ1) is 14.8. The molecule has 2 heterocycles. The normalized spacial score (nSPS) is 22.7. The van der Waals surface area contributed by atoms with Crippen LogP contribution in [0.25, 0.3) is 11.5 Å². The maximum absolute atomic E-state index is 12.2. The Morgan fingerprint density at radius 2 is 1.96 bits per heavy atom. The van der Waals surface area contributed by atoms with Gasteiger partial charge in [-0.05, 0) is 19.1 Å². The summed E-state index contributed by atoms with van der Waals surface area (Å²) < 4.78 is 11.3. The van der Waals surface area contributed by atoms with Crippen molar-refractivity contribution in [1.82, 2.24) is 15.1 Å². The lowest BCUT2D eigenvalue weighted by Crippen LogP contribution is -2.53. The van der Waals surface area contributed by atoms with Gasteiger partial charge in [0.1, 0.15) is 12.7 Å². The second-order valence-electron chi connectivity index (χ2n) is 5.92. The molecule has 1 aliphatic carbocycles. The van der Waals surface area contributed by atoms with Gasteiger partial charge in [0.05, 0.1) is 12.6 Å². The van der Waals surface area contributed by atoms with Gasteiger partial charge < -0.3 is 14.1 Å². The second-order valence-corrected chi connectivity index (χ2v) is 5.92. The van der Waals surface area contributed by atoms with Gasteiger partial charge in [-0.25, -0.2) is 0 Å². The van der Waals surface area contributed by atoms with Gasteiger partial charge in [-0.3, -0.25) is 4.79 Å². The summed E-state index contributed by atoms with van der Waals surface area (Å²) in [6.07, 6.45) is 7.64. The number of benzene rings is 1. The predicted molar refractivity (Wildman–Crippen MR) is 86.8 cm³/mol. The van der Waals surface area contributed by atoms with Crippen LogP contribution in [0.2, 0.25) is 0 Å². The van der Waals surface area contributed by atoms with Crippen LogP contribution in [0.3, 0.4) is 0 Å². The molecule has 1 aromatic heterocycles. The topological polar surface area (TPSA) is 68.5 Å². The number of fused-ring (bicyclic) bond motifs is 1. The quantitative estimate of drug-likeness (QED) is 0.867. The van der Waals surface area contributed by atoms with Crippen LogP contribution >= 0.6 is 0 Å². The molecule has 2 aromatic rings. The van der Waals surface area contributed by atoms with E-state index < -0.39 is 0 Å². The molecule has 2 atom stereocenters. The van der Waals surface area contributed by atoms with E-state index in [9.17, 15) is 4.79 Å². The lowest BCUT2D eigenvalue weighted by Gasteiger charge is -2.38. The Bertz CT molecular complexity index is 807. The molecule has 1 saturated heterocycles. The molecule has 6 nitrogen and oxygen atoms in total. The fourth-order valence-corrected chi connectivity index (χ4v) is 2.90. The van der Waals surface area contributed by atoms with Gasteiger partial charge in [-0.2, -0.15) is 0 Å². The third-order valence-electron chi connectivity index (χ3n) is 4.21. The van der Waals surface area contributed by atoms with Crippen molar-refractivity contribution < 1.29 is 13.9 Å². The zero-order valence-corrected chi connectivity index (χ0v) is 13.3. The molecule has 2 unspecified atom stereocenters. The van der Waals surface area contributed by atoms with Crippen molar-refractivity contribution in [3.8, 4) is 11.5 Å². The van der Waals surface area contributed by atoms with Crippen molar-refractivity contribution in [1.29, 1.82) is 0 Å². The van der Waals surface area contributed by atoms with Crippen LogP contribution < -0.4 is 0 Å². The lowest BCUT2D eigenvalue weighted by atomic mass is 10.0. The van der Waals surface area contributed by atoms with E-state index in [1.54, 1.807) is 4.90 Å². The number of carbonyl (C=O) groups is 1. The number of hydrogen-bond acceptors (Lipinski definition) is 5. The molecule has 0 saturated carbocycles. The van der Waals surface area contributed by atoms with Gasteiger partial charge >= 0.3 is 0 Å².